The van der Waals surface area contributed by atoms with Gasteiger partial charge in [0.2, 0.25) is 10.0 Å². The first-order chi connectivity index (χ1) is 11.4. The summed E-state index contributed by atoms with van der Waals surface area (Å²) in [6, 6.07) is 6.71. The van der Waals surface area contributed by atoms with Gasteiger partial charge in [0.25, 0.3) is 0 Å². The van der Waals surface area contributed by atoms with Gasteiger partial charge in [0, 0.05) is 37.7 Å². The number of nitrogens with one attached hydrogen (secondary N) is 1. The number of nitrogens with zero attached hydrogens (tertiary/aromatic N) is 2. The van der Waals surface area contributed by atoms with Gasteiger partial charge in [-0.15, -0.1) is 0 Å². The predicted octanol–water partition coefficient (Wildman–Crippen LogP) is 2.30. The van der Waals surface area contributed by atoms with Crippen molar-refractivity contribution in [2.75, 3.05) is 32.7 Å². The fourth-order valence-corrected chi connectivity index (χ4v) is 4.29. The normalized spacial score (nSPS) is 16.7. The van der Waals surface area contributed by atoms with E-state index in [0.29, 0.717) is 49.7 Å². The summed E-state index contributed by atoms with van der Waals surface area (Å²) in [5, 5.41) is 3.42. The molecule has 1 fully saturated rings. The summed E-state index contributed by atoms with van der Waals surface area (Å²) in [4.78, 5) is 13.7. The Morgan fingerprint density at radius 1 is 1.17 bits per heavy atom. The molecule has 0 spiro atoms. The van der Waals surface area contributed by atoms with E-state index in [9.17, 15) is 13.2 Å². The maximum Gasteiger partial charge on any atom is 0.317 e. The van der Waals surface area contributed by atoms with E-state index < -0.39 is 10.0 Å². The molecule has 2 rings (SSSR count). The number of urea groups is 1. The highest BCUT2D eigenvalue weighted by Crippen LogP contribution is 2.16. The average molecular weight is 374 g/mol. The van der Waals surface area contributed by atoms with Gasteiger partial charge in [0.05, 0.1) is 5.75 Å². The molecule has 0 unspecified atom stereocenters. The molecule has 134 valence electrons. The van der Waals surface area contributed by atoms with E-state index in [4.69, 9.17) is 11.6 Å². The minimum absolute atomic E-state index is 0.0494. The molecule has 1 N–H and O–H groups in total. The van der Waals surface area contributed by atoms with Gasteiger partial charge >= 0.3 is 6.03 Å². The van der Waals surface area contributed by atoms with Gasteiger partial charge in [-0.25, -0.2) is 13.2 Å². The summed E-state index contributed by atoms with van der Waals surface area (Å²) >= 11 is 5.83. The van der Waals surface area contributed by atoms with Crippen molar-refractivity contribution in [2.45, 2.75) is 25.5 Å². The van der Waals surface area contributed by atoms with Crippen LogP contribution < -0.4 is 5.32 Å². The molecule has 1 aromatic rings. The maximum absolute atomic E-state index is 12.6. The van der Waals surface area contributed by atoms with Gasteiger partial charge in [0.15, 0.2) is 0 Å². The summed E-state index contributed by atoms with van der Waals surface area (Å²) in [5.41, 5.74) is 0.709. The molecular formula is C16H24ClN3O3S. The number of hydrogen-bond acceptors (Lipinski definition) is 3. The van der Waals surface area contributed by atoms with Crippen molar-refractivity contribution in [3.05, 3.63) is 34.9 Å². The molecule has 0 bridgehead atoms. The third kappa shape index (κ3) is 5.36. The Bertz CT molecular complexity index is 649. The quantitative estimate of drug-likeness (QED) is 0.860. The van der Waals surface area contributed by atoms with Crippen molar-refractivity contribution < 1.29 is 13.2 Å². The van der Waals surface area contributed by atoms with Crippen molar-refractivity contribution in [3.63, 3.8) is 0 Å². The zero-order valence-electron chi connectivity index (χ0n) is 13.9. The number of benzene rings is 1. The van der Waals surface area contributed by atoms with Crippen LogP contribution in [-0.4, -0.2) is 56.4 Å². The first kappa shape index (κ1) is 19.0. The third-order valence-electron chi connectivity index (χ3n) is 3.92. The maximum atomic E-state index is 12.6. The molecule has 1 aromatic carbocycles. The minimum atomic E-state index is -3.41. The molecule has 0 atom stereocenters. The van der Waals surface area contributed by atoms with Crippen LogP contribution in [0.4, 0.5) is 4.79 Å². The van der Waals surface area contributed by atoms with Crippen molar-refractivity contribution in [3.8, 4) is 0 Å². The van der Waals surface area contributed by atoms with Crippen LogP contribution in [0, 0.1) is 0 Å². The molecule has 24 heavy (non-hydrogen) atoms. The van der Waals surface area contributed by atoms with E-state index in [1.807, 2.05) is 6.92 Å². The summed E-state index contributed by atoms with van der Waals surface area (Å²) < 4.78 is 26.7. The number of rotatable bonds is 5. The lowest BCUT2D eigenvalue weighted by Crippen LogP contribution is -2.42. The minimum Gasteiger partial charge on any atom is -0.338 e. The van der Waals surface area contributed by atoms with E-state index in [1.54, 1.807) is 29.2 Å². The van der Waals surface area contributed by atoms with E-state index >= 15 is 0 Å². The molecule has 0 aliphatic carbocycles. The van der Waals surface area contributed by atoms with Crippen LogP contribution in [0.2, 0.25) is 5.02 Å². The van der Waals surface area contributed by atoms with Gasteiger partial charge in [-0.05, 0) is 30.5 Å². The lowest BCUT2D eigenvalue weighted by Gasteiger charge is -2.22. The number of halogens is 1. The fraction of sp³-hybridized carbons (Fsp3) is 0.562. The van der Waals surface area contributed by atoms with Crippen LogP contribution >= 0.6 is 11.6 Å². The van der Waals surface area contributed by atoms with Crippen LogP contribution in [0.3, 0.4) is 0 Å². The van der Waals surface area contributed by atoms with E-state index in [2.05, 4.69) is 5.32 Å². The smallest absolute Gasteiger partial charge is 0.317 e. The second kappa shape index (κ2) is 8.69. The van der Waals surface area contributed by atoms with Gasteiger partial charge in [-0.1, -0.05) is 30.7 Å². The molecule has 1 aliphatic heterocycles. The molecule has 1 heterocycles. The first-order valence-corrected chi connectivity index (χ1v) is 10.2. The molecule has 6 nitrogen and oxygen atoms in total. The Labute approximate surface area is 148 Å². The lowest BCUT2D eigenvalue weighted by atomic mass is 10.2. The van der Waals surface area contributed by atoms with Gasteiger partial charge in [-0.2, -0.15) is 4.31 Å². The number of sulfonamides is 1. The van der Waals surface area contributed by atoms with Gasteiger partial charge in [-0.3, -0.25) is 0 Å². The van der Waals surface area contributed by atoms with E-state index in [0.717, 1.165) is 6.42 Å². The van der Waals surface area contributed by atoms with Crippen molar-refractivity contribution in [1.82, 2.24) is 14.5 Å². The Morgan fingerprint density at radius 3 is 2.54 bits per heavy atom. The average Bonchev–Trinajstić information content (AvgIpc) is 2.81. The molecule has 1 saturated heterocycles. The second-order valence-electron chi connectivity index (χ2n) is 5.85. The zero-order valence-corrected chi connectivity index (χ0v) is 15.4. The second-order valence-corrected chi connectivity index (χ2v) is 8.26. The molecule has 2 amide bonds. The number of hydrogen-bond donors (Lipinski definition) is 1. The molecular weight excluding hydrogens is 350 g/mol. The topological polar surface area (TPSA) is 69.7 Å². The summed E-state index contributed by atoms with van der Waals surface area (Å²) in [6.45, 7) is 4.38. The van der Waals surface area contributed by atoms with Crippen LogP contribution in [0.15, 0.2) is 24.3 Å². The summed E-state index contributed by atoms with van der Waals surface area (Å²) in [6.07, 6.45) is 1.51. The van der Waals surface area contributed by atoms with Crippen LogP contribution in [-0.2, 0) is 15.8 Å². The van der Waals surface area contributed by atoms with E-state index in [-0.39, 0.29) is 11.8 Å². The highest BCUT2D eigenvalue weighted by Gasteiger charge is 2.26. The Kier molecular flexibility index (Phi) is 6.89. The monoisotopic (exact) mass is 373 g/mol. The van der Waals surface area contributed by atoms with Crippen molar-refractivity contribution >= 4 is 27.7 Å². The highest BCUT2D eigenvalue weighted by molar-refractivity contribution is 7.88. The number of carbonyl (C=O) groups is 1. The Morgan fingerprint density at radius 2 is 1.88 bits per heavy atom. The first-order valence-electron chi connectivity index (χ1n) is 8.17. The number of amides is 2. The van der Waals surface area contributed by atoms with Crippen LogP contribution in [0.25, 0.3) is 0 Å². The van der Waals surface area contributed by atoms with Crippen LogP contribution in [0.5, 0.6) is 0 Å². The van der Waals surface area contributed by atoms with Gasteiger partial charge in [0.1, 0.15) is 0 Å². The SMILES string of the molecule is CCCNC(=O)N1CCCN(S(=O)(=O)Cc2ccc(Cl)cc2)CC1. The molecule has 0 aromatic heterocycles. The van der Waals surface area contributed by atoms with Crippen LogP contribution in [0.1, 0.15) is 25.3 Å². The highest BCUT2D eigenvalue weighted by atomic mass is 35.5. The third-order valence-corrected chi connectivity index (χ3v) is 6.03. The molecule has 0 radical (unpaired) electrons. The van der Waals surface area contributed by atoms with Gasteiger partial charge < -0.3 is 10.2 Å². The summed E-state index contributed by atoms with van der Waals surface area (Å²) in [7, 11) is -3.41. The Hall–Kier alpha value is -1.31. The Balaban J connectivity index is 1.96. The molecule has 1 aliphatic rings. The molecule has 8 heteroatoms. The lowest BCUT2D eigenvalue weighted by molar-refractivity contribution is 0.200. The van der Waals surface area contributed by atoms with E-state index in [1.165, 1.54) is 4.31 Å². The van der Waals surface area contributed by atoms with Crippen molar-refractivity contribution in [1.29, 1.82) is 0 Å². The van der Waals surface area contributed by atoms with Crippen molar-refractivity contribution in [2.24, 2.45) is 0 Å². The zero-order chi connectivity index (χ0) is 17.6. The standard InChI is InChI=1S/C16H24ClN3O3S/c1-2-8-18-16(21)19-9-3-10-20(12-11-19)24(22,23)13-14-4-6-15(17)7-5-14/h4-7H,2-3,8-13H2,1H3,(H,18,21). The molecule has 0 saturated carbocycles. The predicted molar refractivity (Wildman–Crippen MR) is 95.5 cm³/mol. The largest absolute Gasteiger partial charge is 0.338 e. The number of carbonyl (C=O) groups excluding carboxylic acids is 1. The fourth-order valence-electron chi connectivity index (χ4n) is 2.60. The summed E-state index contributed by atoms with van der Waals surface area (Å²) in [5.74, 6) is -0.0494.